The number of nitrogens with one attached hydrogen (secondary N) is 2. The molecule has 3 rings (SSSR count). The fourth-order valence-electron chi connectivity index (χ4n) is 2.62. The summed E-state index contributed by atoms with van der Waals surface area (Å²) in [6, 6.07) is 2.76. The van der Waals surface area contributed by atoms with Gasteiger partial charge in [0.1, 0.15) is 0 Å². The first-order chi connectivity index (χ1) is 12.6. The summed E-state index contributed by atoms with van der Waals surface area (Å²) in [6.45, 7) is 0. The van der Waals surface area contributed by atoms with Crippen LogP contribution < -0.4 is 10.1 Å². The zero-order valence-corrected chi connectivity index (χ0v) is 13.1. The molecule has 140 valence electrons. The number of anilines is 1. The summed E-state index contributed by atoms with van der Waals surface area (Å²) in [5.41, 5.74) is -2.22. The molecule has 1 unspecified atom stereocenters. The van der Waals surface area contributed by atoms with Gasteiger partial charge < -0.3 is 15.5 Å². The summed E-state index contributed by atoms with van der Waals surface area (Å²) in [7, 11) is 0. The maximum atomic E-state index is 14.1. The van der Waals surface area contributed by atoms with Crippen molar-refractivity contribution >= 4 is 23.6 Å². The lowest BCUT2D eigenvalue weighted by atomic mass is 10.0. The zero-order chi connectivity index (χ0) is 19.9. The van der Waals surface area contributed by atoms with Gasteiger partial charge in [0.2, 0.25) is 0 Å². The van der Waals surface area contributed by atoms with Crippen molar-refractivity contribution < 1.29 is 32.0 Å². The number of nitrogens with zero attached hydrogens (tertiary/aromatic N) is 1. The van der Waals surface area contributed by atoms with E-state index in [1.165, 1.54) is 0 Å². The molecule has 0 saturated carbocycles. The van der Waals surface area contributed by atoms with Crippen LogP contribution in [0.15, 0.2) is 30.3 Å². The van der Waals surface area contributed by atoms with Crippen LogP contribution >= 0.6 is 0 Å². The molecule has 0 radical (unpaired) electrons. The number of benzene rings is 2. The number of fused-ring (bicyclic) bond motifs is 1. The Hall–Kier alpha value is -3.50. The fraction of sp³-hybridized carbons (Fsp3) is 0.125. The molecule has 2 N–H and O–H groups in total. The average molecular weight is 383 g/mol. The Morgan fingerprint density at radius 2 is 1.89 bits per heavy atom. The van der Waals surface area contributed by atoms with Crippen LogP contribution in [0.5, 0.6) is 5.75 Å². The predicted molar refractivity (Wildman–Crippen MR) is 84.4 cm³/mol. The topological polar surface area (TPSA) is 105 Å². The Kier molecular flexibility index (Phi) is 4.30. The quantitative estimate of drug-likeness (QED) is 0.209. The first kappa shape index (κ1) is 18.3. The largest absolute Gasteiger partial charge is 0.419 e. The van der Waals surface area contributed by atoms with Gasteiger partial charge in [-0.2, -0.15) is 13.2 Å². The van der Waals surface area contributed by atoms with Gasteiger partial charge in [-0.15, -0.1) is 0 Å². The van der Waals surface area contributed by atoms with Crippen LogP contribution in [0.1, 0.15) is 22.7 Å². The second-order valence-electron chi connectivity index (χ2n) is 5.51. The highest BCUT2D eigenvalue weighted by Gasteiger charge is 2.36. The molecule has 1 aliphatic rings. The lowest BCUT2D eigenvalue weighted by Crippen LogP contribution is -2.31. The minimum Gasteiger partial charge on any atom is -0.419 e. The molecule has 2 aromatic carbocycles. The molecule has 0 bridgehead atoms. The Morgan fingerprint density at radius 3 is 2.41 bits per heavy atom. The summed E-state index contributed by atoms with van der Waals surface area (Å²) in [5.74, 6) is -2.81. The molecule has 27 heavy (non-hydrogen) atoms. The first-order valence-corrected chi connectivity index (χ1v) is 7.30. The SMILES string of the molecule is N=Cc1c([N+](=O)[O-])cc(F)c2c1NC(c1ccc(C(F)(F)F)cc1)C(=O)O2. The number of hydrogen-bond acceptors (Lipinski definition) is 6. The number of hydrogen-bond donors (Lipinski definition) is 2. The highest BCUT2D eigenvalue weighted by Crippen LogP contribution is 2.42. The smallest absolute Gasteiger partial charge is 0.416 e. The van der Waals surface area contributed by atoms with E-state index in [1.54, 1.807) is 0 Å². The zero-order valence-electron chi connectivity index (χ0n) is 13.1. The van der Waals surface area contributed by atoms with Crippen LogP contribution in [0, 0.1) is 21.3 Å². The molecule has 7 nitrogen and oxygen atoms in total. The molecule has 0 spiro atoms. The fourth-order valence-corrected chi connectivity index (χ4v) is 2.62. The van der Waals surface area contributed by atoms with E-state index in [-0.39, 0.29) is 16.8 Å². The molecule has 0 saturated heterocycles. The van der Waals surface area contributed by atoms with E-state index in [1.807, 2.05) is 0 Å². The number of nitro benzene ring substituents is 1. The van der Waals surface area contributed by atoms with E-state index in [0.29, 0.717) is 12.3 Å². The monoisotopic (exact) mass is 383 g/mol. The maximum absolute atomic E-state index is 14.1. The summed E-state index contributed by atoms with van der Waals surface area (Å²) < 4.78 is 56.9. The van der Waals surface area contributed by atoms with Crippen molar-refractivity contribution in [1.29, 1.82) is 5.41 Å². The second kappa shape index (κ2) is 6.34. The number of esters is 1. The van der Waals surface area contributed by atoms with Crippen molar-refractivity contribution in [3.8, 4) is 5.75 Å². The van der Waals surface area contributed by atoms with Gasteiger partial charge in [0, 0.05) is 6.21 Å². The minimum absolute atomic E-state index is 0.0708. The van der Waals surface area contributed by atoms with Gasteiger partial charge in [-0.1, -0.05) is 12.1 Å². The maximum Gasteiger partial charge on any atom is 0.416 e. The van der Waals surface area contributed by atoms with Crippen molar-refractivity contribution in [3.05, 3.63) is 63.0 Å². The van der Waals surface area contributed by atoms with Crippen LogP contribution in [0.3, 0.4) is 0 Å². The van der Waals surface area contributed by atoms with Crippen molar-refractivity contribution in [2.45, 2.75) is 12.2 Å². The van der Waals surface area contributed by atoms with Gasteiger partial charge >= 0.3 is 12.1 Å². The lowest BCUT2D eigenvalue weighted by Gasteiger charge is -2.27. The minimum atomic E-state index is -4.57. The Morgan fingerprint density at radius 1 is 1.26 bits per heavy atom. The van der Waals surface area contributed by atoms with Gasteiger partial charge in [-0.05, 0) is 17.7 Å². The molecule has 11 heteroatoms. The highest BCUT2D eigenvalue weighted by atomic mass is 19.4. The second-order valence-corrected chi connectivity index (χ2v) is 5.51. The number of rotatable bonds is 3. The van der Waals surface area contributed by atoms with E-state index in [2.05, 4.69) is 5.32 Å². The van der Waals surface area contributed by atoms with Gasteiger partial charge in [0.25, 0.3) is 5.69 Å². The number of alkyl halides is 3. The predicted octanol–water partition coefficient (Wildman–Crippen LogP) is 3.82. The standard InChI is InChI=1S/C16H9F4N3O4/c17-10-5-11(23(25)26)9(6-21)13-14(10)27-15(24)12(22-13)7-1-3-8(4-2-7)16(18,19)20/h1-6,12,21-22H. The van der Waals surface area contributed by atoms with E-state index in [4.69, 9.17) is 10.1 Å². The Bertz CT molecular complexity index is 958. The van der Waals surface area contributed by atoms with Crippen molar-refractivity contribution in [2.24, 2.45) is 0 Å². The number of carbonyl (C=O) groups is 1. The lowest BCUT2D eigenvalue weighted by molar-refractivity contribution is -0.385. The van der Waals surface area contributed by atoms with Crippen LogP contribution in [0.2, 0.25) is 0 Å². The summed E-state index contributed by atoms with van der Waals surface area (Å²) in [5, 5.41) is 20.9. The van der Waals surface area contributed by atoms with Crippen molar-refractivity contribution in [2.75, 3.05) is 5.32 Å². The van der Waals surface area contributed by atoms with Crippen molar-refractivity contribution in [3.63, 3.8) is 0 Å². The molecular formula is C16H9F4N3O4. The van der Waals surface area contributed by atoms with E-state index in [9.17, 15) is 32.5 Å². The molecule has 0 amide bonds. The number of nitro groups is 1. The normalized spacial score (nSPS) is 16.1. The van der Waals surface area contributed by atoms with E-state index >= 15 is 0 Å². The molecule has 2 aromatic rings. The van der Waals surface area contributed by atoms with Crippen LogP contribution in [0.4, 0.5) is 28.9 Å². The van der Waals surface area contributed by atoms with Gasteiger partial charge in [0.05, 0.1) is 27.8 Å². The molecule has 0 aliphatic carbocycles. The summed E-state index contributed by atoms with van der Waals surface area (Å²) >= 11 is 0. The van der Waals surface area contributed by atoms with Crippen LogP contribution in [0.25, 0.3) is 0 Å². The van der Waals surface area contributed by atoms with E-state index < -0.39 is 45.9 Å². The molecular weight excluding hydrogens is 374 g/mol. The van der Waals surface area contributed by atoms with Gasteiger partial charge in [0.15, 0.2) is 17.6 Å². The third kappa shape index (κ3) is 3.18. The third-order valence-electron chi connectivity index (χ3n) is 3.89. The molecule has 1 aliphatic heterocycles. The average Bonchev–Trinajstić information content (AvgIpc) is 2.61. The van der Waals surface area contributed by atoms with Gasteiger partial charge in [-0.25, -0.2) is 9.18 Å². The Balaban J connectivity index is 2.06. The number of halogens is 4. The Labute approximate surface area is 148 Å². The van der Waals surface area contributed by atoms with Crippen LogP contribution in [-0.2, 0) is 11.0 Å². The first-order valence-electron chi connectivity index (χ1n) is 7.30. The highest BCUT2D eigenvalue weighted by molar-refractivity contribution is 5.98. The van der Waals surface area contributed by atoms with Gasteiger partial charge in [-0.3, -0.25) is 10.1 Å². The van der Waals surface area contributed by atoms with Crippen molar-refractivity contribution in [1.82, 2.24) is 0 Å². The summed E-state index contributed by atoms with van der Waals surface area (Å²) in [4.78, 5) is 22.3. The number of ether oxygens (including phenoxy) is 1. The number of carbonyl (C=O) groups excluding carboxylic acids is 1. The summed E-state index contributed by atoms with van der Waals surface area (Å²) in [6.07, 6.45) is -3.98. The third-order valence-corrected chi connectivity index (χ3v) is 3.89. The van der Waals surface area contributed by atoms with E-state index in [0.717, 1.165) is 24.3 Å². The van der Waals surface area contributed by atoms with Crippen LogP contribution in [-0.4, -0.2) is 17.1 Å². The molecule has 1 heterocycles. The molecule has 0 fully saturated rings. The molecule has 1 atom stereocenters. The molecule has 0 aromatic heterocycles.